The van der Waals surface area contributed by atoms with E-state index in [4.69, 9.17) is 5.41 Å². The van der Waals surface area contributed by atoms with Gasteiger partial charge in [-0.15, -0.1) is 12.4 Å². The summed E-state index contributed by atoms with van der Waals surface area (Å²) < 4.78 is 4.56. The third kappa shape index (κ3) is 1.59. The van der Waals surface area contributed by atoms with Crippen LogP contribution in [0.25, 0.3) is 0 Å². The summed E-state index contributed by atoms with van der Waals surface area (Å²) in [6.07, 6.45) is 4.00. The van der Waals surface area contributed by atoms with E-state index >= 15 is 0 Å². The lowest BCUT2D eigenvalue weighted by atomic mass is 10.5. The van der Waals surface area contributed by atoms with Gasteiger partial charge in [0.2, 0.25) is 0 Å². The van der Waals surface area contributed by atoms with Gasteiger partial charge in [0.15, 0.2) is 5.90 Å². The SMILES string of the molecule is Cl.N=C1CC=CO1. The maximum absolute atomic E-state index is 6.76. The molecule has 0 radical (unpaired) electrons. The van der Waals surface area contributed by atoms with Crippen LogP contribution >= 0.6 is 12.4 Å². The van der Waals surface area contributed by atoms with Gasteiger partial charge in [0.05, 0.1) is 6.26 Å². The Bertz CT molecular complexity index is 89.9. The van der Waals surface area contributed by atoms with Crippen LogP contribution in [-0.2, 0) is 4.74 Å². The molecule has 2 nitrogen and oxygen atoms in total. The minimum absolute atomic E-state index is 0. The first-order valence-corrected chi connectivity index (χ1v) is 1.78. The molecule has 3 heteroatoms. The zero-order chi connectivity index (χ0) is 4.41. The number of hydrogen-bond donors (Lipinski definition) is 1. The highest BCUT2D eigenvalue weighted by Crippen LogP contribution is 1.97. The molecule has 1 heterocycles. The van der Waals surface area contributed by atoms with Gasteiger partial charge < -0.3 is 4.74 Å². The van der Waals surface area contributed by atoms with Gasteiger partial charge in [-0.05, 0) is 6.08 Å². The second-order valence-electron chi connectivity index (χ2n) is 1.12. The van der Waals surface area contributed by atoms with Gasteiger partial charge in [-0.25, -0.2) is 0 Å². The first kappa shape index (κ1) is 6.50. The van der Waals surface area contributed by atoms with E-state index < -0.39 is 0 Å². The van der Waals surface area contributed by atoms with E-state index in [9.17, 15) is 0 Å². The molecular formula is C4H6ClNO. The average Bonchev–Trinajstić information content (AvgIpc) is 1.86. The van der Waals surface area contributed by atoms with Crippen LogP contribution in [-0.4, -0.2) is 5.90 Å². The molecule has 0 saturated carbocycles. The standard InChI is InChI=1S/C4H5NO.ClH/c5-4-2-1-3-6-4;/h1,3,5H,2H2;1H. The molecule has 0 amide bonds. The third-order valence-corrected chi connectivity index (χ3v) is 0.610. The highest BCUT2D eigenvalue weighted by molar-refractivity contribution is 5.85. The van der Waals surface area contributed by atoms with Gasteiger partial charge in [0, 0.05) is 6.42 Å². The van der Waals surface area contributed by atoms with Gasteiger partial charge >= 0.3 is 0 Å². The second kappa shape index (κ2) is 2.64. The fraction of sp³-hybridized carbons (Fsp3) is 0.250. The van der Waals surface area contributed by atoms with Gasteiger partial charge in [-0.3, -0.25) is 5.41 Å². The molecule has 0 fully saturated rings. The molecule has 40 valence electrons. The first-order valence-electron chi connectivity index (χ1n) is 1.78. The van der Waals surface area contributed by atoms with E-state index in [0.29, 0.717) is 12.3 Å². The van der Waals surface area contributed by atoms with Gasteiger partial charge in [-0.2, -0.15) is 0 Å². The van der Waals surface area contributed by atoms with Crippen molar-refractivity contribution in [2.75, 3.05) is 0 Å². The largest absolute Gasteiger partial charge is 0.451 e. The van der Waals surface area contributed by atoms with Crippen molar-refractivity contribution >= 4 is 18.3 Å². The van der Waals surface area contributed by atoms with E-state index in [-0.39, 0.29) is 12.4 Å². The quantitative estimate of drug-likeness (QED) is 0.513. The van der Waals surface area contributed by atoms with Crippen molar-refractivity contribution in [1.82, 2.24) is 0 Å². The molecule has 1 N–H and O–H groups in total. The Labute approximate surface area is 48.1 Å². The van der Waals surface area contributed by atoms with E-state index in [1.165, 1.54) is 6.26 Å². The summed E-state index contributed by atoms with van der Waals surface area (Å²) in [4.78, 5) is 0. The molecule has 7 heavy (non-hydrogen) atoms. The number of hydrogen-bond acceptors (Lipinski definition) is 2. The summed E-state index contributed by atoms with van der Waals surface area (Å²) in [5, 5.41) is 6.76. The summed E-state index contributed by atoms with van der Waals surface area (Å²) in [7, 11) is 0. The van der Waals surface area contributed by atoms with E-state index in [0.717, 1.165) is 0 Å². The predicted octanol–water partition coefficient (Wildman–Crippen LogP) is 1.32. The third-order valence-electron chi connectivity index (χ3n) is 0.610. The van der Waals surface area contributed by atoms with E-state index in [1.807, 2.05) is 6.08 Å². The first-order chi connectivity index (χ1) is 2.89. The van der Waals surface area contributed by atoms with Crippen molar-refractivity contribution in [2.45, 2.75) is 6.42 Å². The smallest absolute Gasteiger partial charge is 0.190 e. The summed E-state index contributed by atoms with van der Waals surface area (Å²) in [5.74, 6) is 0.343. The molecule has 0 bridgehead atoms. The lowest BCUT2D eigenvalue weighted by Gasteiger charge is -1.83. The summed E-state index contributed by atoms with van der Waals surface area (Å²) in [6, 6.07) is 0. The molecule has 1 aliphatic heterocycles. The van der Waals surface area contributed by atoms with Crippen LogP contribution in [0.15, 0.2) is 12.3 Å². The molecule has 0 atom stereocenters. The number of ether oxygens (including phenoxy) is 1. The highest BCUT2D eigenvalue weighted by Gasteiger charge is 1.95. The van der Waals surface area contributed by atoms with Crippen LogP contribution in [0.4, 0.5) is 0 Å². The lowest BCUT2D eigenvalue weighted by Crippen LogP contribution is -1.85. The molecule has 1 aliphatic rings. The van der Waals surface area contributed by atoms with Crippen molar-refractivity contribution in [3.63, 3.8) is 0 Å². The highest BCUT2D eigenvalue weighted by atomic mass is 35.5. The fourth-order valence-electron chi connectivity index (χ4n) is 0.334. The second-order valence-corrected chi connectivity index (χ2v) is 1.12. The van der Waals surface area contributed by atoms with E-state index in [1.54, 1.807) is 0 Å². The molecule has 0 aromatic heterocycles. The van der Waals surface area contributed by atoms with Gasteiger partial charge in [-0.1, -0.05) is 0 Å². The van der Waals surface area contributed by atoms with Crippen molar-refractivity contribution in [3.8, 4) is 0 Å². The maximum atomic E-state index is 6.76. The Morgan fingerprint density at radius 2 is 2.43 bits per heavy atom. The molecule has 0 aromatic rings. The molecular weight excluding hydrogens is 114 g/mol. The summed E-state index contributed by atoms with van der Waals surface area (Å²) >= 11 is 0. The summed E-state index contributed by atoms with van der Waals surface area (Å²) in [6.45, 7) is 0. The topological polar surface area (TPSA) is 33.1 Å². The zero-order valence-corrected chi connectivity index (χ0v) is 4.49. The van der Waals surface area contributed by atoms with Crippen LogP contribution in [0.1, 0.15) is 6.42 Å². The summed E-state index contributed by atoms with van der Waals surface area (Å²) in [5.41, 5.74) is 0. The van der Waals surface area contributed by atoms with Crippen LogP contribution in [0.2, 0.25) is 0 Å². The fourth-order valence-corrected chi connectivity index (χ4v) is 0.334. The Hall–Kier alpha value is -0.500. The van der Waals surface area contributed by atoms with Crippen molar-refractivity contribution < 1.29 is 4.74 Å². The normalized spacial score (nSPS) is 15.7. The van der Waals surface area contributed by atoms with Crippen LogP contribution in [0.5, 0.6) is 0 Å². The Morgan fingerprint density at radius 1 is 1.71 bits per heavy atom. The van der Waals surface area contributed by atoms with Gasteiger partial charge in [0.1, 0.15) is 0 Å². The number of halogens is 1. The van der Waals surface area contributed by atoms with Crippen LogP contribution in [0.3, 0.4) is 0 Å². The number of nitrogens with one attached hydrogen (secondary N) is 1. The Kier molecular flexibility index (Phi) is 2.45. The van der Waals surface area contributed by atoms with Crippen molar-refractivity contribution in [2.24, 2.45) is 0 Å². The molecule has 1 rings (SSSR count). The van der Waals surface area contributed by atoms with Gasteiger partial charge in [0.25, 0.3) is 0 Å². The lowest BCUT2D eigenvalue weighted by molar-refractivity contribution is 0.478. The molecule has 0 aromatic carbocycles. The molecule has 0 spiro atoms. The molecule has 0 saturated heterocycles. The molecule has 0 unspecified atom stereocenters. The minimum atomic E-state index is 0. The van der Waals surface area contributed by atoms with Crippen LogP contribution < -0.4 is 0 Å². The maximum Gasteiger partial charge on any atom is 0.190 e. The minimum Gasteiger partial charge on any atom is -0.451 e. The average molecular weight is 120 g/mol. The van der Waals surface area contributed by atoms with Crippen molar-refractivity contribution in [1.29, 1.82) is 5.41 Å². The predicted molar refractivity (Wildman–Crippen MR) is 29.8 cm³/mol. The monoisotopic (exact) mass is 119 g/mol. The van der Waals surface area contributed by atoms with Crippen LogP contribution in [0, 0.1) is 5.41 Å². The Morgan fingerprint density at radius 3 is 2.57 bits per heavy atom. The van der Waals surface area contributed by atoms with E-state index in [2.05, 4.69) is 4.74 Å². The Balaban J connectivity index is 0.000000360. The molecule has 0 aliphatic carbocycles. The van der Waals surface area contributed by atoms with Crippen molar-refractivity contribution in [3.05, 3.63) is 12.3 Å². The zero-order valence-electron chi connectivity index (χ0n) is 3.68. The number of rotatable bonds is 0.